The number of ether oxygens (including phenoxy) is 2. The summed E-state index contributed by atoms with van der Waals surface area (Å²) in [6, 6.07) is 5.85. The lowest BCUT2D eigenvalue weighted by atomic mass is 10.2. The molecule has 8 nitrogen and oxygen atoms in total. The largest absolute Gasteiger partial charge is 0.464 e. The van der Waals surface area contributed by atoms with Crippen LogP contribution in [0.4, 0.5) is 0 Å². The van der Waals surface area contributed by atoms with Gasteiger partial charge in [-0.15, -0.1) is 0 Å². The summed E-state index contributed by atoms with van der Waals surface area (Å²) in [4.78, 5) is 36.6. The van der Waals surface area contributed by atoms with Gasteiger partial charge in [0.2, 0.25) is 6.04 Å². The molecular formula is C18H20BrN3O5. The van der Waals surface area contributed by atoms with Crippen LogP contribution in [0.2, 0.25) is 0 Å². The number of halogens is 1. The third-order valence-electron chi connectivity index (χ3n) is 3.65. The highest BCUT2D eigenvalue weighted by molar-refractivity contribution is 9.10. The SMILES string of the molecule is CCOC(=O)C(NC(=O)c1cnn(-c2ccc(Br)cc2)c1C)C(=O)OCC. The van der Waals surface area contributed by atoms with Gasteiger partial charge >= 0.3 is 11.9 Å². The summed E-state index contributed by atoms with van der Waals surface area (Å²) in [5.74, 6) is -2.37. The Bertz CT molecular complexity index is 814. The second kappa shape index (κ2) is 9.31. The number of carbonyl (C=O) groups is 3. The number of aromatic nitrogens is 2. The fourth-order valence-corrected chi connectivity index (χ4v) is 2.61. The van der Waals surface area contributed by atoms with Crippen molar-refractivity contribution in [1.29, 1.82) is 0 Å². The van der Waals surface area contributed by atoms with Crippen LogP contribution in [-0.2, 0) is 19.1 Å². The van der Waals surface area contributed by atoms with Crippen LogP contribution in [0.15, 0.2) is 34.9 Å². The number of amides is 1. The maximum absolute atomic E-state index is 12.6. The first-order valence-corrected chi connectivity index (χ1v) is 9.13. The Kier molecular flexibility index (Phi) is 7.12. The molecule has 0 bridgehead atoms. The van der Waals surface area contributed by atoms with Gasteiger partial charge in [-0.05, 0) is 45.0 Å². The van der Waals surface area contributed by atoms with E-state index >= 15 is 0 Å². The lowest BCUT2D eigenvalue weighted by Crippen LogP contribution is -2.48. The highest BCUT2D eigenvalue weighted by Crippen LogP contribution is 2.17. The quantitative estimate of drug-likeness (QED) is 0.526. The number of hydrogen-bond donors (Lipinski definition) is 1. The molecule has 1 aromatic carbocycles. The first-order chi connectivity index (χ1) is 12.9. The lowest BCUT2D eigenvalue weighted by Gasteiger charge is -2.15. The van der Waals surface area contributed by atoms with E-state index in [9.17, 15) is 14.4 Å². The van der Waals surface area contributed by atoms with E-state index in [-0.39, 0.29) is 18.8 Å². The molecule has 0 radical (unpaired) electrons. The molecule has 0 aliphatic heterocycles. The van der Waals surface area contributed by atoms with Gasteiger partial charge in [-0.2, -0.15) is 5.10 Å². The van der Waals surface area contributed by atoms with Crippen molar-refractivity contribution in [1.82, 2.24) is 15.1 Å². The molecule has 0 saturated heterocycles. The number of benzene rings is 1. The standard InChI is InChI=1S/C18H20BrN3O5/c1-4-26-17(24)15(18(25)27-5-2)21-16(23)14-10-20-22(11(14)3)13-8-6-12(19)7-9-13/h6-10,15H,4-5H2,1-3H3,(H,21,23). The molecule has 2 rings (SSSR count). The van der Waals surface area contributed by atoms with Crippen LogP contribution in [0, 0.1) is 6.92 Å². The first-order valence-electron chi connectivity index (χ1n) is 8.33. The third-order valence-corrected chi connectivity index (χ3v) is 4.17. The van der Waals surface area contributed by atoms with Crippen LogP contribution in [0.1, 0.15) is 29.9 Å². The first kappa shape index (κ1) is 20.6. The summed E-state index contributed by atoms with van der Waals surface area (Å²) < 4.78 is 12.2. The fourth-order valence-electron chi connectivity index (χ4n) is 2.35. The molecule has 1 heterocycles. The minimum atomic E-state index is -1.53. The zero-order chi connectivity index (χ0) is 20.0. The number of hydrogen-bond acceptors (Lipinski definition) is 6. The number of nitrogens with zero attached hydrogens (tertiary/aromatic N) is 2. The summed E-state index contributed by atoms with van der Waals surface area (Å²) in [7, 11) is 0. The number of carbonyl (C=O) groups excluding carboxylic acids is 3. The van der Waals surface area contributed by atoms with E-state index in [2.05, 4.69) is 26.3 Å². The van der Waals surface area contributed by atoms with Crippen molar-refractivity contribution in [3.8, 4) is 5.69 Å². The number of esters is 2. The highest BCUT2D eigenvalue weighted by atomic mass is 79.9. The Morgan fingerprint density at radius 3 is 2.19 bits per heavy atom. The van der Waals surface area contributed by atoms with Crippen molar-refractivity contribution in [2.75, 3.05) is 13.2 Å². The normalized spacial score (nSPS) is 10.6. The van der Waals surface area contributed by atoms with Gasteiger partial charge in [0.15, 0.2) is 0 Å². The third kappa shape index (κ3) is 4.94. The van der Waals surface area contributed by atoms with Crippen LogP contribution in [0.3, 0.4) is 0 Å². The summed E-state index contributed by atoms with van der Waals surface area (Å²) >= 11 is 3.36. The zero-order valence-corrected chi connectivity index (χ0v) is 16.8. The molecule has 0 spiro atoms. The molecule has 2 aromatic rings. The molecule has 0 fully saturated rings. The Labute approximate surface area is 165 Å². The van der Waals surface area contributed by atoms with Gasteiger partial charge in [-0.25, -0.2) is 14.3 Å². The molecule has 0 aliphatic rings. The highest BCUT2D eigenvalue weighted by Gasteiger charge is 2.32. The lowest BCUT2D eigenvalue weighted by molar-refractivity contribution is -0.157. The van der Waals surface area contributed by atoms with Crippen molar-refractivity contribution in [2.24, 2.45) is 0 Å². The van der Waals surface area contributed by atoms with E-state index in [1.54, 1.807) is 25.5 Å². The monoisotopic (exact) mass is 437 g/mol. The van der Waals surface area contributed by atoms with Crippen LogP contribution in [0.25, 0.3) is 5.69 Å². The van der Waals surface area contributed by atoms with Crippen molar-refractivity contribution in [3.05, 3.63) is 46.2 Å². The molecule has 1 N–H and O–H groups in total. The molecule has 27 heavy (non-hydrogen) atoms. The second-order valence-corrected chi connectivity index (χ2v) is 6.36. The Balaban J connectivity index is 2.24. The number of nitrogens with one attached hydrogen (secondary N) is 1. The van der Waals surface area contributed by atoms with Gasteiger partial charge in [-0.3, -0.25) is 4.79 Å². The van der Waals surface area contributed by atoms with E-state index in [1.165, 1.54) is 6.20 Å². The average molecular weight is 438 g/mol. The second-order valence-electron chi connectivity index (χ2n) is 5.44. The van der Waals surface area contributed by atoms with E-state index in [0.29, 0.717) is 5.69 Å². The zero-order valence-electron chi connectivity index (χ0n) is 15.2. The molecule has 144 valence electrons. The van der Waals surface area contributed by atoms with Gasteiger partial charge in [0.05, 0.1) is 36.4 Å². The maximum atomic E-state index is 12.6. The van der Waals surface area contributed by atoms with Gasteiger partial charge in [0.1, 0.15) is 0 Å². The van der Waals surface area contributed by atoms with E-state index in [4.69, 9.17) is 9.47 Å². The van der Waals surface area contributed by atoms with Crippen molar-refractivity contribution >= 4 is 33.8 Å². The molecule has 1 aromatic heterocycles. The Morgan fingerprint density at radius 1 is 1.11 bits per heavy atom. The summed E-state index contributed by atoms with van der Waals surface area (Å²) in [6.07, 6.45) is 1.38. The van der Waals surface area contributed by atoms with E-state index < -0.39 is 23.9 Å². The van der Waals surface area contributed by atoms with E-state index in [1.807, 2.05) is 24.3 Å². The van der Waals surface area contributed by atoms with Gasteiger partial charge in [0.25, 0.3) is 5.91 Å². The topological polar surface area (TPSA) is 99.5 Å². The molecule has 9 heteroatoms. The Morgan fingerprint density at radius 2 is 1.67 bits per heavy atom. The van der Waals surface area contributed by atoms with Crippen LogP contribution < -0.4 is 5.32 Å². The van der Waals surface area contributed by atoms with Crippen LogP contribution >= 0.6 is 15.9 Å². The van der Waals surface area contributed by atoms with Crippen LogP contribution in [-0.4, -0.2) is 46.9 Å². The molecule has 0 saturated carbocycles. The predicted molar refractivity (Wildman–Crippen MR) is 101 cm³/mol. The van der Waals surface area contributed by atoms with E-state index in [0.717, 1.165) is 10.2 Å². The minimum absolute atomic E-state index is 0.0745. The summed E-state index contributed by atoms with van der Waals surface area (Å²) in [5, 5.41) is 6.58. The molecule has 1 amide bonds. The van der Waals surface area contributed by atoms with Gasteiger partial charge in [-0.1, -0.05) is 15.9 Å². The van der Waals surface area contributed by atoms with Crippen molar-refractivity contribution < 1.29 is 23.9 Å². The summed E-state index contributed by atoms with van der Waals surface area (Å²) in [5.41, 5.74) is 1.56. The maximum Gasteiger partial charge on any atom is 0.340 e. The van der Waals surface area contributed by atoms with Gasteiger partial charge in [0, 0.05) is 4.47 Å². The molecule has 0 unspecified atom stereocenters. The molecule has 0 aliphatic carbocycles. The van der Waals surface area contributed by atoms with Crippen LogP contribution in [0.5, 0.6) is 0 Å². The molecule has 0 atom stereocenters. The molecular weight excluding hydrogens is 418 g/mol. The smallest absolute Gasteiger partial charge is 0.340 e. The van der Waals surface area contributed by atoms with Crippen molar-refractivity contribution in [3.63, 3.8) is 0 Å². The van der Waals surface area contributed by atoms with Gasteiger partial charge < -0.3 is 14.8 Å². The summed E-state index contributed by atoms with van der Waals surface area (Å²) in [6.45, 7) is 5.08. The minimum Gasteiger partial charge on any atom is -0.464 e. The average Bonchev–Trinajstić information content (AvgIpc) is 3.02. The fraction of sp³-hybridized carbons (Fsp3) is 0.333. The van der Waals surface area contributed by atoms with Crippen molar-refractivity contribution in [2.45, 2.75) is 26.8 Å². The Hall–Kier alpha value is -2.68. The number of rotatable bonds is 7. The predicted octanol–water partition coefficient (Wildman–Crippen LogP) is 2.17.